The molecule has 6 aromatic rings. The number of fused-ring (bicyclic) bond motifs is 9. The van der Waals surface area contributed by atoms with Gasteiger partial charge < -0.3 is 0 Å². The van der Waals surface area contributed by atoms with E-state index in [2.05, 4.69) is 92.5 Å². The molecule has 0 saturated carbocycles. The Bertz CT molecular complexity index is 1390. The van der Waals surface area contributed by atoms with E-state index in [4.69, 9.17) is 0 Å². The number of thiophene rings is 2. The van der Waals surface area contributed by atoms with Crippen LogP contribution in [0.5, 0.6) is 0 Å². The minimum Gasteiger partial charge on any atom is -0.134 e. The molecular weight excluding hydrogens is 488 g/mol. The lowest BCUT2D eigenvalue weighted by Crippen LogP contribution is -1.80. The second-order valence-corrected chi connectivity index (χ2v) is 10.2. The molecule has 0 amide bonds. The molecule has 4 aromatic carbocycles. The summed E-state index contributed by atoms with van der Waals surface area (Å²) in [5.74, 6) is 0. The lowest BCUT2D eigenvalue weighted by atomic mass is 9.99. The number of benzene rings is 4. The van der Waals surface area contributed by atoms with Gasteiger partial charge in [-0.05, 0) is 66.9 Å². The molecule has 0 saturated heterocycles. The van der Waals surface area contributed by atoms with Gasteiger partial charge in [0.25, 0.3) is 0 Å². The van der Waals surface area contributed by atoms with Crippen LogP contribution in [0.25, 0.3) is 51.1 Å². The van der Waals surface area contributed by atoms with E-state index in [-0.39, 0.29) is 0 Å². The smallest absolute Gasteiger partial charge is 0.0503 e. The van der Waals surface area contributed by atoms with Gasteiger partial charge >= 0.3 is 0 Å². The third-order valence-electron chi connectivity index (χ3n) is 5.00. The highest BCUT2D eigenvalue weighted by atomic mass is 79.9. The highest BCUT2D eigenvalue weighted by Gasteiger charge is 2.17. The molecule has 0 fully saturated rings. The Balaban J connectivity index is 1.99. The monoisotopic (exact) mass is 496 g/mol. The summed E-state index contributed by atoms with van der Waals surface area (Å²) in [7, 11) is 0. The van der Waals surface area contributed by atoms with E-state index in [0.717, 1.165) is 0 Å². The minimum atomic E-state index is 1.18. The summed E-state index contributed by atoms with van der Waals surface area (Å²) in [6, 6.07) is 22.0. The van der Waals surface area contributed by atoms with Crippen LogP contribution >= 0.6 is 54.5 Å². The van der Waals surface area contributed by atoms with Crippen LogP contribution in [0.3, 0.4) is 0 Å². The molecule has 0 aliphatic carbocycles. The van der Waals surface area contributed by atoms with Crippen LogP contribution in [0.1, 0.15) is 0 Å². The van der Waals surface area contributed by atoms with Crippen molar-refractivity contribution in [3.05, 3.63) is 69.6 Å². The van der Waals surface area contributed by atoms with Gasteiger partial charge in [0.1, 0.15) is 0 Å². The normalized spacial score (nSPS) is 12.2. The van der Waals surface area contributed by atoms with Crippen molar-refractivity contribution in [2.45, 2.75) is 0 Å². The van der Waals surface area contributed by atoms with Crippen LogP contribution in [0, 0.1) is 0 Å². The fourth-order valence-corrected chi connectivity index (χ4v) is 7.51. The topological polar surface area (TPSA) is 0 Å². The molecule has 0 aliphatic rings. The predicted molar refractivity (Wildman–Crippen MR) is 125 cm³/mol. The lowest BCUT2D eigenvalue weighted by Gasteiger charge is -2.07. The largest absolute Gasteiger partial charge is 0.134 e. The van der Waals surface area contributed by atoms with Gasteiger partial charge in [0, 0.05) is 39.9 Å². The number of hydrogen-bond donors (Lipinski definition) is 0. The average Bonchev–Trinajstić information content (AvgIpc) is 3.23. The lowest BCUT2D eigenvalue weighted by molar-refractivity contribution is 1.84. The molecule has 4 heteroatoms. The Morgan fingerprint density at radius 1 is 0.538 bits per heavy atom. The quantitative estimate of drug-likeness (QED) is 0.196. The van der Waals surface area contributed by atoms with E-state index in [1.165, 1.54) is 60.1 Å². The number of hydrogen-bond acceptors (Lipinski definition) is 2. The summed E-state index contributed by atoms with van der Waals surface area (Å²) in [5, 5.41) is 8.03. The molecule has 0 aliphatic heterocycles. The van der Waals surface area contributed by atoms with Crippen LogP contribution in [0.2, 0.25) is 0 Å². The summed E-state index contributed by atoms with van der Waals surface area (Å²) < 4.78 is 7.68. The van der Waals surface area contributed by atoms with Gasteiger partial charge in [-0.3, -0.25) is 0 Å². The first kappa shape index (κ1) is 15.6. The fourth-order valence-electron chi connectivity index (χ4n) is 3.92. The SMILES string of the molecule is Brc1cc2c(cc(Br)c3sc4ccccc4c32)c2c1sc1ccccc12. The van der Waals surface area contributed by atoms with Gasteiger partial charge in [0.05, 0.1) is 9.40 Å². The van der Waals surface area contributed by atoms with Gasteiger partial charge in [-0.25, -0.2) is 0 Å². The minimum absolute atomic E-state index is 1.18. The zero-order valence-electron chi connectivity index (χ0n) is 13.3. The van der Waals surface area contributed by atoms with Crippen molar-refractivity contribution >= 4 is 106 Å². The second-order valence-electron chi connectivity index (χ2n) is 6.42. The third-order valence-corrected chi connectivity index (χ3v) is 9.18. The van der Waals surface area contributed by atoms with Crippen molar-refractivity contribution in [3.63, 3.8) is 0 Å². The van der Waals surface area contributed by atoms with Crippen molar-refractivity contribution < 1.29 is 0 Å². The van der Waals surface area contributed by atoms with Gasteiger partial charge in [-0.15, -0.1) is 22.7 Å². The first-order chi connectivity index (χ1) is 12.7. The van der Waals surface area contributed by atoms with Gasteiger partial charge in [0.15, 0.2) is 0 Å². The first-order valence-electron chi connectivity index (χ1n) is 8.25. The average molecular weight is 498 g/mol. The van der Waals surface area contributed by atoms with Gasteiger partial charge in [-0.1, -0.05) is 36.4 Å². The number of halogens is 2. The molecule has 2 heterocycles. The van der Waals surface area contributed by atoms with E-state index in [0.29, 0.717) is 0 Å². The van der Waals surface area contributed by atoms with Crippen molar-refractivity contribution in [1.29, 1.82) is 0 Å². The molecule has 0 radical (unpaired) electrons. The molecular formula is C22H10Br2S2. The summed E-state index contributed by atoms with van der Waals surface area (Å²) in [6.45, 7) is 0. The molecule has 0 bridgehead atoms. The Morgan fingerprint density at radius 3 is 1.42 bits per heavy atom. The first-order valence-corrected chi connectivity index (χ1v) is 11.5. The summed E-state index contributed by atoms with van der Waals surface area (Å²) in [4.78, 5) is 0. The second kappa shape index (κ2) is 5.52. The summed E-state index contributed by atoms with van der Waals surface area (Å²) in [6.07, 6.45) is 0. The molecule has 0 unspecified atom stereocenters. The summed E-state index contributed by atoms with van der Waals surface area (Å²) in [5.41, 5.74) is 0. The number of rotatable bonds is 0. The Hall–Kier alpha value is -1.46. The highest BCUT2D eigenvalue weighted by molar-refractivity contribution is 9.11. The van der Waals surface area contributed by atoms with Crippen LogP contribution in [-0.4, -0.2) is 0 Å². The zero-order valence-corrected chi connectivity index (χ0v) is 18.2. The van der Waals surface area contributed by atoms with Gasteiger partial charge in [-0.2, -0.15) is 0 Å². The molecule has 6 rings (SSSR count). The Labute approximate surface area is 174 Å². The third kappa shape index (κ3) is 1.99. The highest BCUT2D eigenvalue weighted by Crippen LogP contribution is 2.48. The van der Waals surface area contributed by atoms with Crippen molar-refractivity contribution in [2.75, 3.05) is 0 Å². The van der Waals surface area contributed by atoms with Crippen molar-refractivity contribution in [2.24, 2.45) is 0 Å². The van der Waals surface area contributed by atoms with E-state index in [9.17, 15) is 0 Å². The van der Waals surface area contributed by atoms with Crippen molar-refractivity contribution in [3.8, 4) is 0 Å². The summed E-state index contributed by atoms with van der Waals surface area (Å²) >= 11 is 11.4. The Morgan fingerprint density at radius 2 is 0.962 bits per heavy atom. The maximum atomic E-state index is 3.85. The standard InChI is InChI=1S/C22H10Br2S2/c23-15-10-14-13(19-11-5-1-3-7-17(11)25-21(15)19)9-16(24)22-20(14)12-6-2-4-8-18(12)26-22/h1-10H. The van der Waals surface area contributed by atoms with E-state index in [1.54, 1.807) is 0 Å². The molecule has 0 nitrogen and oxygen atoms in total. The van der Waals surface area contributed by atoms with E-state index >= 15 is 0 Å². The van der Waals surface area contributed by atoms with Gasteiger partial charge in [0.2, 0.25) is 0 Å². The Kier molecular flexibility index (Phi) is 3.31. The van der Waals surface area contributed by atoms with Crippen molar-refractivity contribution in [1.82, 2.24) is 0 Å². The molecule has 26 heavy (non-hydrogen) atoms. The predicted octanol–water partition coefficient (Wildman–Crippen LogP) is 9.10. The van der Waals surface area contributed by atoms with Crippen LogP contribution in [0.4, 0.5) is 0 Å². The molecule has 0 atom stereocenters. The van der Waals surface area contributed by atoms with E-state index in [1.807, 2.05) is 22.7 Å². The maximum Gasteiger partial charge on any atom is 0.0503 e. The zero-order chi connectivity index (χ0) is 17.4. The molecule has 0 spiro atoms. The van der Waals surface area contributed by atoms with Crippen LogP contribution in [-0.2, 0) is 0 Å². The maximum absolute atomic E-state index is 3.85. The van der Waals surface area contributed by atoms with Crippen LogP contribution in [0.15, 0.2) is 69.6 Å². The fraction of sp³-hybridized carbons (Fsp3) is 0. The molecule has 124 valence electrons. The molecule has 0 N–H and O–H groups in total. The van der Waals surface area contributed by atoms with E-state index < -0.39 is 0 Å². The molecule has 2 aromatic heterocycles. The van der Waals surface area contributed by atoms with Crippen LogP contribution < -0.4 is 0 Å².